The highest BCUT2D eigenvalue weighted by Crippen LogP contribution is 2.18. The number of sulfone groups is 1. The van der Waals surface area contributed by atoms with Crippen LogP contribution in [0, 0.1) is 5.82 Å². The van der Waals surface area contributed by atoms with E-state index in [1.165, 1.54) is 19.1 Å². The fourth-order valence-electron chi connectivity index (χ4n) is 2.34. The minimum absolute atomic E-state index is 0. The van der Waals surface area contributed by atoms with Crippen LogP contribution >= 0.6 is 12.4 Å². The Kier molecular flexibility index (Phi) is 7.86. The van der Waals surface area contributed by atoms with Gasteiger partial charge in [0.25, 0.3) is 0 Å². The van der Waals surface area contributed by atoms with Gasteiger partial charge in [0.2, 0.25) is 5.91 Å². The molecular weight excluding hydrogens is 355 g/mol. The third-order valence-corrected chi connectivity index (χ3v) is 5.97. The van der Waals surface area contributed by atoms with E-state index in [9.17, 15) is 17.6 Å². The Morgan fingerprint density at radius 2 is 2.00 bits per heavy atom. The molecule has 2 rings (SSSR count). The van der Waals surface area contributed by atoms with Gasteiger partial charge in [0.1, 0.15) is 5.82 Å². The van der Waals surface area contributed by atoms with Crippen LogP contribution in [0.1, 0.15) is 19.8 Å². The molecule has 1 atom stereocenters. The maximum Gasteiger partial charge on any atom is 0.221 e. The second-order valence-electron chi connectivity index (χ2n) is 5.61. The summed E-state index contributed by atoms with van der Waals surface area (Å²) < 4.78 is 37.6. The number of benzene rings is 1. The van der Waals surface area contributed by atoms with Crippen molar-refractivity contribution in [2.45, 2.75) is 29.9 Å². The van der Waals surface area contributed by atoms with Crippen LogP contribution in [0.3, 0.4) is 0 Å². The van der Waals surface area contributed by atoms with E-state index < -0.39 is 20.9 Å². The van der Waals surface area contributed by atoms with Gasteiger partial charge in [0.15, 0.2) is 9.84 Å². The summed E-state index contributed by atoms with van der Waals surface area (Å²) in [6.45, 7) is 3.61. The molecule has 1 aromatic rings. The fourth-order valence-corrected chi connectivity index (χ4v) is 3.69. The number of rotatable bonds is 6. The predicted octanol–water partition coefficient (Wildman–Crippen LogP) is 1.84. The van der Waals surface area contributed by atoms with Gasteiger partial charge < -0.3 is 10.6 Å². The third kappa shape index (κ3) is 5.58. The minimum Gasteiger partial charge on any atom is -0.352 e. The Morgan fingerprint density at radius 1 is 1.33 bits per heavy atom. The van der Waals surface area contributed by atoms with Gasteiger partial charge in [-0.2, -0.15) is 0 Å². The van der Waals surface area contributed by atoms with Gasteiger partial charge in [-0.05, 0) is 44.2 Å². The third-order valence-electron chi connectivity index (χ3n) is 3.82. The van der Waals surface area contributed by atoms with Crippen molar-refractivity contribution in [2.24, 2.45) is 0 Å². The molecule has 0 aromatic heterocycles. The molecular formula is C16H22ClFN2O3S. The van der Waals surface area contributed by atoms with E-state index in [2.05, 4.69) is 10.6 Å². The normalized spacial score (nSPS) is 15.8. The maximum atomic E-state index is 12.9. The van der Waals surface area contributed by atoms with Crippen molar-refractivity contribution in [3.8, 4) is 0 Å². The second-order valence-corrected chi connectivity index (χ2v) is 7.97. The summed E-state index contributed by atoms with van der Waals surface area (Å²) in [5.74, 6) is -0.799. The molecule has 1 amide bonds. The molecule has 8 heteroatoms. The largest absolute Gasteiger partial charge is 0.352 e. The van der Waals surface area contributed by atoms with Crippen LogP contribution in [0.25, 0.3) is 0 Å². The maximum absolute atomic E-state index is 12.9. The van der Waals surface area contributed by atoms with Crippen LogP contribution in [0.15, 0.2) is 40.8 Å². The predicted molar refractivity (Wildman–Crippen MR) is 93.5 cm³/mol. The number of nitrogens with one attached hydrogen (secondary N) is 2. The zero-order chi connectivity index (χ0) is 16.9. The minimum atomic E-state index is -3.65. The molecule has 24 heavy (non-hydrogen) atoms. The van der Waals surface area contributed by atoms with Gasteiger partial charge in [0, 0.05) is 19.5 Å². The Labute approximate surface area is 148 Å². The lowest BCUT2D eigenvalue weighted by Gasteiger charge is -2.16. The zero-order valence-electron chi connectivity index (χ0n) is 13.4. The molecule has 1 aliphatic heterocycles. The molecule has 1 heterocycles. The van der Waals surface area contributed by atoms with Gasteiger partial charge in [-0.15, -0.1) is 12.4 Å². The average Bonchev–Trinajstić information content (AvgIpc) is 2.54. The number of hydrogen-bond donors (Lipinski definition) is 2. The molecule has 0 saturated carbocycles. The summed E-state index contributed by atoms with van der Waals surface area (Å²) in [5, 5.41) is 5.07. The summed E-state index contributed by atoms with van der Waals surface area (Å²) in [5.41, 5.74) is 1.14. The molecule has 0 fully saturated rings. The standard InChI is InChI=1S/C16H21FN2O3S.ClH/c1-12(23(21,22)15-4-2-14(17)3-5-15)10-16(20)19-11-13-6-8-18-9-7-13;/h2-6,12,18H,7-11H2,1H3,(H,19,20);1H. The summed E-state index contributed by atoms with van der Waals surface area (Å²) in [6, 6.07) is 4.64. The summed E-state index contributed by atoms with van der Waals surface area (Å²) >= 11 is 0. The van der Waals surface area contributed by atoms with Crippen LogP contribution in [0.4, 0.5) is 4.39 Å². The average molecular weight is 377 g/mol. The van der Waals surface area contributed by atoms with Gasteiger partial charge in [-0.25, -0.2) is 12.8 Å². The molecule has 1 aromatic carbocycles. The number of amides is 1. The molecule has 0 radical (unpaired) electrons. The van der Waals surface area contributed by atoms with E-state index in [1.54, 1.807) is 0 Å². The molecule has 5 nitrogen and oxygen atoms in total. The van der Waals surface area contributed by atoms with Crippen LogP contribution in [-0.2, 0) is 14.6 Å². The lowest BCUT2D eigenvalue weighted by atomic mass is 10.1. The Balaban J connectivity index is 0.00000288. The first kappa shape index (κ1) is 20.6. The first-order chi connectivity index (χ1) is 10.9. The zero-order valence-corrected chi connectivity index (χ0v) is 15.1. The molecule has 1 aliphatic rings. The number of carbonyl (C=O) groups excluding carboxylic acids is 1. The monoisotopic (exact) mass is 376 g/mol. The number of carbonyl (C=O) groups is 1. The molecule has 1 unspecified atom stereocenters. The number of hydrogen-bond acceptors (Lipinski definition) is 4. The summed E-state index contributed by atoms with van der Waals surface area (Å²) in [7, 11) is -3.65. The van der Waals surface area contributed by atoms with E-state index in [-0.39, 0.29) is 29.6 Å². The highest BCUT2D eigenvalue weighted by molar-refractivity contribution is 7.92. The first-order valence-corrected chi connectivity index (χ1v) is 9.09. The van der Waals surface area contributed by atoms with Gasteiger partial charge in [-0.3, -0.25) is 4.79 Å². The van der Waals surface area contributed by atoms with Gasteiger partial charge in [0.05, 0.1) is 10.1 Å². The van der Waals surface area contributed by atoms with E-state index in [0.29, 0.717) is 6.54 Å². The van der Waals surface area contributed by atoms with E-state index in [1.807, 2.05) is 6.08 Å². The van der Waals surface area contributed by atoms with Crippen molar-refractivity contribution >= 4 is 28.2 Å². The lowest BCUT2D eigenvalue weighted by molar-refractivity contribution is -0.120. The SMILES string of the molecule is CC(CC(=O)NCC1=CCNCC1)S(=O)(=O)c1ccc(F)cc1.Cl. The molecule has 0 bridgehead atoms. The molecule has 0 aliphatic carbocycles. The topological polar surface area (TPSA) is 75.3 Å². The van der Waals surface area contributed by atoms with Crippen LogP contribution < -0.4 is 10.6 Å². The van der Waals surface area contributed by atoms with Crippen molar-refractivity contribution in [2.75, 3.05) is 19.6 Å². The van der Waals surface area contributed by atoms with Gasteiger partial charge >= 0.3 is 0 Å². The molecule has 0 saturated heterocycles. The smallest absolute Gasteiger partial charge is 0.221 e. The van der Waals surface area contributed by atoms with Crippen LogP contribution in [0.2, 0.25) is 0 Å². The van der Waals surface area contributed by atoms with Crippen molar-refractivity contribution in [3.05, 3.63) is 41.7 Å². The van der Waals surface area contributed by atoms with Crippen molar-refractivity contribution < 1.29 is 17.6 Å². The number of halogens is 2. The molecule has 2 N–H and O–H groups in total. The van der Waals surface area contributed by atoms with Crippen molar-refractivity contribution in [1.82, 2.24) is 10.6 Å². The van der Waals surface area contributed by atoms with Crippen LogP contribution in [-0.4, -0.2) is 39.2 Å². The van der Waals surface area contributed by atoms with Crippen molar-refractivity contribution in [3.63, 3.8) is 0 Å². The van der Waals surface area contributed by atoms with Gasteiger partial charge in [-0.1, -0.05) is 11.6 Å². The highest BCUT2D eigenvalue weighted by Gasteiger charge is 2.25. The summed E-state index contributed by atoms with van der Waals surface area (Å²) in [4.78, 5) is 12.0. The quantitative estimate of drug-likeness (QED) is 0.586. The van der Waals surface area contributed by atoms with E-state index in [4.69, 9.17) is 0 Å². The van der Waals surface area contributed by atoms with Crippen molar-refractivity contribution in [1.29, 1.82) is 0 Å². The van der Waals surface area contributed by atoms with E-state index in [0.717, 1.165) is 37.2 Å². The van der Waals surface area contributed by atoms with E-state index >= 15 is 0 Å². The lowest BCUT2D eigenvalue weighted by Crippen LogP contribution is -2.33. The Morgan fingerprint density at radius 3 is 2.58 bits per heavy atom. The second kappa shape index (κ2) is 9.15. The molecule has 0 spiro atoms. The highest BCUT2D eigenvalue weighted by atomic mass is 35.5. The van der Waals surface area contributed by atoms with Crippen LogP contribution in [0.5, 0.6) is 0 Å². The summed E-state index contributed by atoms with van der Waals surface area (Å²) in [6.07, 6.45) is 2.79. The first-order valence-electron chi connectivity index (χ1n) is 7.54. The Bertz CT molecular complexity index is 690. The Hall–Kier alpha value is -1.44. The molecule has 134 valence electrons. The fraction of sp³-hybridized carbons (Fsp3) is 0.438.